The van der Waals surface area contributed by atoms with E-state index in [1.54, 1.807) is 14.2 Å². The largest absolute Gasteiger partial charge is 0.497 e. The summed E-state index contributed by atoms with van der Waals surface area (Å²) in [5.41, 5.74) is 1.85. The van der Waals surface area contributed by atoms with Gasteiger partial charge in [0.05, 0.1) is 19.4 Å². The lowest BCUT2D eigenvalue weighted by Gasteiger charge is -2.40. The third-order valence-corrected chi connectivity index (χ3v) is 5.59. The van der Waals surface area contributed by atoms with Gasteiger partial charge in [-0.1, -0.05) is 19.9 Å². The minimum absolute atomic E-state index is 0.0745. The molecule has 1 aromatic carbocycles. The summed E-state index contributed by atoms with van der Waals surface area (Å²) in [6.07, 6.45) is 0. The van der Waals surface area contributed by atoms with Crippen LogP contribution in [0.2, 0.25) is 0 Å². The van der Waals surface area contributed by atoms with Crippen molar-refractivity contribution in [3.63, 3.8) is 0 Å². The number of amides is 1. The first-order valence-electron chi connectivity index (χ1n) is 10.8. The molecule has 0 spiro atoms. The predicted molar refractivity (Wildman–Crippen MR) is 124 cm³/mol. The summed E-state index contributed by atoms with van der Waals surface area (Å²) in [5.74, 6) is 1.99. The zero-order valence-corrected chi connectivity index (χ0v) is 19.2. The molecule has 7 nitrogen and oxygen atoms in total. The fourth-order valence-electron chi connectivity index (χ4n) is 3.82. The highest BCUT2D eigenvalue weighted by Crippen LogP contribution is 2.34. The minimum Gasteiger partial charge on any atom is -0.497 e. The number of fused-ring (bicyclic) bond motifs is 1. The Morgan fingerprint density at radius 1 is 1.19 bits per heavy atom. The van der Waals surface area contributed by atoms with E-state index in [9.17, 15) is 4.79 Å². The number of pyridine rings is 1. The number of methoxy groups -OCH3 is 2. The number of carbonyl (C=O) groups excluding carboxylic acids is 1. The van der Waals surface area contributed by atoms with Crippen molar-refractivity contribution in [3.05, 3.63) is 47.7 Å². The number of anilines is 2. The van der Waals surface area contributed by atoms with Crippen molar-refractivity contribution in [2.24, 2.45) is 5.92 Å². The van der Waals surface area contributed by atoms with Crippen LogP contribution in [0, 0.1) is 5.92 Å². The highest BCUT2D eigenvalue weighted by Gasteiger charge is 2.43. The zero-order valence-electron chi connectivity index (χ0n) is 19.2. The van der Waals surface area contributed by atoms with Gasteiger partial charge in [0.15, 0.2) is 0 Å². The van der Waals surface area contributed by atoms with Gasteiger partial charge in [0.1, 0.15) is 17.0 Å². The second-order valence-electron chi connectivity index (χ2n) is 8.70. The summed E-state index contributed by atoms with van der Waals surface area (Å²) in [6.45, 7) is 9.83. The summed E-state index contributed by atoms with van der Waals surface area (Å²) in [5, 5.41) is 6.47. The highest BCUT2D eigenvalue weighted by atomic mass is 16.5. The fraction of sp³-hybridized carbons (Fsp3) is 0.500. The molecule has 1 aliphatic heterocycles. The Kier molecular flexibility index (Phi) is 7.51. The van der Waals surface area contributed by atoms with E-state index in [1.165, 1.54) is 0 Å². The smallest absolute Gasteiger partial charge is 0.237 e. The molecule has 1 amide bonds. The van der Waals surface area contributed by atoms with Crippen LogP contribution in [0.5, 0.6) is 5.75 Å². The van der Waals surface area contributed by atoms with E-state index in [-0.39, 0.29) is 5.91 Å². The quantitative estimate of drug-likeness (QED) is 0.639. The van der Waals surface area contributed by atoms with Crippen LogP contribution in [0.25, 0.3) is 0 Å². The van der Waals surface area contributed by atoms with Gasteiger partial charge in [-0.05, 0) is 48.7 Å². The summed E-state index contributed by atoms with van der Waals surface area (Å²) >= 11 is 0. The van der Waals surface area contributed by atoms with Gasteiger partial charge >= 0.3 is 0 Å². The summed E-state index contributed by atoms with van der Waals surface area (Å²) < 4.78 is 10.5. The number of carbonyl (C=O) groups is 1. The number of nitrogens with one attached hydrogen (secondary N) is 2. The Hall–Kier alpha value is -2.64. The van der Waals surface area contributed by atoms with Crippen molar-refractivity contribution in [3.8, 4) is 5.75 Å². The second-order valence-corrected chi connectivity index (χ2v) is 8.70. The molecule has 1 atom stereocenters. The molecule has 0 aliphatic carbocycles. The number of nitrogens with zero attached hydrogens (tertiary/aromatic N) is 2. The third-order valence-electron chi connectivity index (χ3n) is 5.59. The highest BCUT2D eigenvalue weighted by molar-refractivity contribution is 5.99. The molecule has 0 saturated carbocycles. The van der Waals surface area contributed by atoms with Crippen LogP contribution in [-0.4, -0.2) is 56.3 Å². The molecule has 2 heterocycles. The lowest BCUT2D eigenvalue weighted by molar-refractivity contribution is -0.122. The van der Waals surface area contributed by atoms with Crippen molar-refractivity contribution < 1.29 is 14.3 Å². The second kappa shape index (κ2) is 10.1. The Balaban J connectivity index is 1.90. The summed E-state index contributed by atoms with van der Waals surface area (Å²) in [7, 11) is 3.32. The van der Waals surface area contributed by atoms with E-state index in [0.29, 0.717) is 19.1 Å². The van der Waals surface area contributed by atoms with Crippen molar-refractivity contribution in [1.82, 2.24) is 9.88 Å². The van der Waals surface area contributed by atoms with Crippen molar-refractivity contribution in [2.45, 2.75) is 32.7 Å². The average molecular weight is 427 g/mol. The van der Waals surface area contributed by atoms with E-state index < -0.39 is 5.41 Å². The minimum atomic E-state index is -0.795. The van der Waals surface area contributed by atoms with Gasteiger partial charge in [-0.25, -0.2) is 4.98 Å². The van der Waals surface area contributed by atoms with Gasteiger partial charge in [0.2, 0.25) is 5.91 Å². The van der Waals surface area contributed by atoms with E-state index in [4.69, 9.17) is 14.5 Å². The first-order valence-corrected chi connectivity index (χ1v) is 10.8. The van der Waals surface area contributed by atoms with Crippen LogP contribution in [0.4, 0.5) is 11.5 Å². The Morgan fingerprint density at radius 3 is 2.58 bits per heavy atom. The SMILES string of the molecule is COCCN1Cc2ccc(NCC(C)C)nc2C(C)(C(=O)Nc2ccc(OC)cc2)C1. The third kappa shape index (κ3) is 5.54. The zero-order chi connectivity index (χ0) is 22.4. The molecule has 0 bridgehead atoms. The maximum atomic E-state index is 13.5. The maximum absolute atomic E-state index is 13.5. The maximum Gasteiger partial charge on any atom is 0.237 e. The van der Waals surface area contributed by atoms with Gasteiger partial charge in [-0.15, -0.1) is 0 Å². The first kappa shape index (κ1) is 23.0. The molecule has 0 radical (unpaired) electrons. The van der Waals surface area contributed by atoms with E-state index in [2.05, 4.69) is 35.4 Å². The van der Waals surface area contributed by atoms with Crippen LogP contribution < -0.4 is 15.4 Å². The van der Waals surface area contributed by atoms with Crippen molar-refractivity contribution in [1.29, 1.82) is 0 Å². The number of hydrogen-bond acceptors (Lipinski definition) is 6. The van der Waals surface area contributed by atoms with Crippen LogP contribution >= 0.6 is 0 Å². The number of benzene rings is 1. The van der Waals surface area contributed by atoms with E-state index in [1.807, 2.05) is 37.3 Å². The van der Waals surface area contributed by atoms with Crippen LogP contribution in [0.15, 0.2) is 36.4 Å². The van der Waals surface area contributed by atoms with Gasteiger partial charge in [-0.3, -0.25) is 9.69 Å². The number of rotatable bonds is 9. The molecular weight excluding hydrogens is 392 g/mol. The van der Waals surface area contributed by atoms with E-state index in [0.717, 1.165) is 48.1 Å². The van der Waals surface area contributed by atoms with Gasteiger partial charge < -0.3 is 20.1 Å². The average Bonchev–Trinajstić information content (AvgIpc) is 2.77. The summed E-state index contributed by atoms with van der Waals surface area (Å²) in [6, 6.07) is 11.5. The molecule has 0 fully saturated rings. The fourth-order valence-corrected chi connectivity index (χ4v) is 3.82. The normalized spacial score (nSPS) is 18.5. The number of aromatic nitrogens is 1. The molecule has 168 valence electrons. The Morgan fingerprint density at radius 2 is 1.94 bits per heavy atom. The van der Waals surface area contributed by atoms with Crippen LogP contribution in [0.1, 0.15) is 32.0 Å². The van der Waals surface area contributed by atoms with Crippen LogP contribution in [-0.2, 0) is 21.5 Å². The molecule has 7 heteroatoms. The predicted octanol–water partition coefficient (Wildman–Crippen LogP) is 3.52. The molecule has 31 heavy (non-hydrogen) atoms. The standard InChI is InChI=1S/C24H34N4O3/c1-17(2)14-25-21-11-6-18-15-28(12-13-30-4)16-24(3,22(18)27-21)23(29)26-19-7-9-20(31-5)10-8-19/h6-11,17H,12-16H2,1-5H3,(H,25,27)(H,26,29). The molecule has 3 rings (SSSR count). The topological polar surface area (TPSA) is 75.7 Å². The molecule has 1 aliphatic rings. The Bertz CT molecular complexity index is 885. The van der Waals surface area contributed by atoms with Gasteiger partial charge in [-0.2, -0.15) is 0 Å². The molecule has 2 aromatic rings. The lowest BCUT2D eigenvalue weighted by Crippen LogP contribution is -2.52. The molecule has 1 aromatic heterocycles. The van der Waals surface area contributed by atoms with Gasteiger partial charge in [0.25, 0.3) is 0 Å². The van der Waals surface area contributed by atoms with Crippen molar-refractivity contribution >= 4 is 17.4 Å². The van der Waals surface area contributed by atoms with Crippen molar-refractivity contribution in [2.75, 3.05) is 51.1 Å². The van der Waals surface area contributed by atoms with Gasteiger partial charge in [0, 0.05) is 39.0 Å². The molecule has 0 saturated heterocycles. The number of hydrogen-bond donors (Lipinski definition) is 2. The lowest BCUT2D eigenvalue weighted by atomic mass is 9.79. The monoisotopic (exact) mass is 426 g/mol. The molecule has 1 unspecified atom stereocenters. The number of ether oxygens (including phenoxy) is 2. The van der Waals surface area contributed by atoms with Crippen LogP contribution in [0.3, 0.4) is 0 Å². The summed E-state index contributed by atoms with van der Waals surface area (Å²) in [4.78, 5) is 20.7. The molecular formula is C24H34N4O3. The molecule has 2 N–H and O–H groups in total. The Labute approximate surface area is 185 Å². The van der Waals surface area contributed by atoms with E-state index >= 15 is 0 Å². The first-order chi connectivity index (χ1) is 14.9.